The number of allylic oxidation sites excluding steroid dienone is 8. The number of ether oxygens (including phenoxy) is 3. The zero-order valence-corrected chi connectivity index (χ0v) is 43.7. The molecule has 1 aliphatic rings. The maximum absolute atomic E-state index is 12.9. The Morgan fingerprint density at radius 3 is 1.99 bits per heavy atom. The summed E-state index contributed by atoms with van der Waals surface area (Å²) in [5.41, 5.74) is 4.58. The molecule has 0 aliphatic carbocycles. The van der Waals surface area contributed by atoms with E-state index in [1.807, 2.05) is 37.3 Å². The second-order valence-electron chi connectivity index (χ2n) is 17.5. The molecule has 0 saturated carbocycles. The summed E-state index contributed by atoms with van der Waals surface area (Å²) < 4.78 is 56.7. The molecule has 21 heteroatoms. The number of nitrogen functional groups attached to an aromatic ring is 1. The number of hydrogen-bond donors (Lipinski definition) is 6. The second kappa shape index (κ2) is 38.1. The molecule has 0 radical (unpaired) electrons. The number of carbonyl (C=O) groups is 2. The Morgan fingerprint density at radius 1 is 0.761 bits per heavy atom. The van der Waals surface area contributed by atoms with Crippen LogP contribution in [0.15, 0.2) is 77.8 Å². The van der Waals surface area contributed by atoms with Crippen molar-refractivity contribution in [1.29, 1.82) is 0 Å². The minimum atomic E-state index is -5.44. The molecule has 8 atom stereocenters. The lowest BCUT2D eigenvalue weighted by Gasteiger charge is -2.21. The summed E-state index contributed by atoms with van der Waals surface area (Å²) >= 11 is 0. The number of phosphoric ester groups is 2. The van der Waals surface area contributed by atoms with E-state index in [-0.39, 0.29) is 18.7 Å². The lowest BCUT2D eigenvalue weighted by atomic mass is 10.1. The van der Waals surface area contributed by atoms with Crippen molar-refractivity contribution in [2.24, 2.45) is 0 Å². The average Bonchev–Trinajstić information content (AvgIpc) is 3.60. The number of aromatic nitrogens is 2. The zero-order chi connectivity index (χ0) is 52.2. The number of esters is 2. The third-order valence-corrected chi connectivity index (χ3v) is 13.8. The van der Waals surface area contributed by atoms with Gasteiger partial charge in [0.1, 0.15) is 30.7 Å². The van der Waals surface area contributed by atoms with Gasteiger partial charge in [-0.1, -0.05) is 139 Å². The van der Waals surface area contributed by atoms with Gasteiger partial charge in [-0.05, 0) is 76.7 Å². The Hall–Kier alpha value is -3.58. The van der Waals surface area contributed by atoms with Crippen LogP contribution < -0.4 is 11.4 Å². The fourth-order valence-electron chi connectivity index (χ4n) is 7.20. The maximum Gasteiger partial charge on any atom is 0.481 e. The van der Waals surface area contributed by atoms with Crippen molar-refractivity contribution in [3.8, 4) is 0 Å². The van der Waals surface area contributed by atoms with Gasteiger partial charge < -0.3 is 45.1 Å². The number of aliphatic hydroxyl groups is 3. The lowest BCUT2D eigenvalue weighted by Crippen LogP contribution is -2.36. The number of nitrogens with zero attached hydrogens (tertiary/aromatic N) is 2. The fraction of sp³-hybridized carbons (Fsp3) is 0.680. The van der Waals surface area contributed by atoms with E-state index >= 15 is 0 Å². The van der Waals surface area contributed by atoms with Gasteiger partial charge in [-0.15, -0.1) is 0 Å². The van der Waals surface area contributed by atoms with Gasteiger partial charge in [0, 0.05) is 19.0 Å². The normalized spacial score (nSPS) is 20.1. The molecule has 71 heavy (non-hydrogen) atoms. The number of hydrogen-bond acceptors (Lipinski definition) is 16. The predicted octanol–water partition coefficient (Wildman–Crippen LogP) is 9.30. The van der Waals surface area contributed by atoms with Gasteiger partial charge in [0.25, 0.3) is 0 Å². The molecular formula is C50H83N3O16P2. The largest absolute Gasteiger partial charge is 0.481 e. The molecule has 0 amide bonds. The number of anilines is 1. The highest BCUT2D eigenvalue weighted by molar-refractivity contribution is 7.61. The lowest BCUT2D eigenvalue weighted by molar-refractivity contribution is -0.161. The standard InChI is InChI=1S/C50H83N3O16P2/c1-3-5-7-8-9-10-11-12-13-14-15-16-17-20-24-27-31-35-46(56)67-42(38-64-45(55)34-30-26-23-21-18-19-22-25-29-33-41(54)32-28-6-4-2)39-65-70(60,61)69-71(62,63)66-40-43-47(57)48(58)49(68-43)53-37-36-44(51)52-50(53)59/h6,9-10,12-13,22,25,28-29,33,36-37,41-43,47-49,54,57-58H,3-5,7-8,11,14-21,23-24,26-27,30-32,34-35,38-40H2,1-2H3,(H,60,61)(H,62,63)(H2,51,52,59)/b10-9-,13-12-,25-22+,28-6+,33-29+/t41?,42-,43-,47-,48-,49-/m1/s1. The smallest absolute Gasteiger partial charge is 0.462 e. The van der Waals surface area contributed by atoms with Crippen LogP contribution in [0.25, 0.3) is 0 Å². The summed E-state index contributed by atoms with van der Waals surface area (Å²) in [5, 5.41) is 30.8. The van der Waals surface area contributed by atoms with Crippen LogP contribution in [0.3, 0.4) is 0 Å². The molecule has 1 aromatic heterocycles. The molecule has 0 spiro atoms. The first-order valence-corrected chi connectivity index (χ1v) is 28.4. The molecule has 7 N–H and O–H groups in total. The van der Waals surface area contributed by atoms with E-state index in [1.54, 1.807) is 6.08 Å². The number of carbonyl (C=O) groups excluding carboxylic acids is 2. The molecule has 2 heterocycles. The van der Waals surface area contributed by atoms with Crippen molar-refractivity contribution in [2.45, 2.75) is 198 Å². The van der Waals surface area contributed by atoms with E-state index in [0.29, 0.717) is 19.3 Å². The molecule has 1 fully saturated rings. The van der Waals surface area contributed by atoms with Crippen LogP contribution in [-0.4, -0.2) is 96.9 Å². The molecule has 0 aromatic carbocycles. The van der Waals surface area contributed by atoms with Crippen molar-refractivity contribution in [3.05, 3.63) is 83.5 Å². The van der Waals surface area contributed by atoms with Crippen molar-refractivity contribution >= 4 is 33.4 Å². The van der Waals surface area contributed by atoms with Crippen molar-refractivity contribution in [1.82, 2.24) is 9.55 Å². The van der Waals surface area contributed by atoms with Gasteiger partial charge in [0.15, 0.2) is 12.3 Å². The van der Waals surface area contributed by atoms with E-state index in [0.717, 1.165) is 107 Å². The maximum atomic E-state index is 12.9. The van der Waals surface area contributed by atoms with Gasteiger partial charge >= 0.3 is 33.3 Å². The van der Waals surface area contributed by atoms with Crippen LogP contribution in [0.4, 0.5) is 5.82 Å². The van der Waals surface area contributed by atoms with Gasteiger partial charge in [-0.3, -0.25) is 23.2 Å². The highest BCUT2D eigenvalue weighted by Gasteiger charge is 2.46. The van der Waals surface area contributed by atoms with Crippen LogP contribution in [0.1, 0.15) is 168 Å². The molecule has 1 aromatic rings. The van der Waals surface area contributed by atoms with Gasteiger partial charge in [-0.25, -0.2) is 13.9 Å². The zero-order valence-electron chi connectivity index (χ0n) is 41.9. The quantitative estimate of drug-likeness (QED) is 0.0117. The van der Waals surface area contributed by atoms with Crippen molar-refractivity contribution in [2.75, 3.05) is 25.6 Å². The Bertz CT molecular complexity index is 1940. The van der Waals surface area contributed by atoms with Gasteiger partial charge in [0.2, 0.25) is 0 Å². The SMILES string of the molecule is CC/C=C/CC(O)/C=C/C=C/CCCCCCCC(=O)OC[C@H](COP(=O)(O)OP(=O)(O)OC[C@H]1O[C@@H](n2ccc(N)nc2=O)[C@H](O)[C@@H]1O)OC(=O)CCCCCCCCC/C=C\C/C=C\CCCCC. The second-order valence-corrected chi connectivity index (χ2v) is 20.5. The minimum absolute atomic E-state index is 0.0237. The first kappa shape index (κ1) is 63.5. The molecular weight excluding hydrogens is 961 g/mol. The topological polar surface area (TPSA) is 286 Å². The van der Waals surface area contributed by atoms with Crippen molar-refractivity contribution < 1.29 is 71.4 Å². The third-order valence-electron chi connectivity index (χ3n) is 11.2. The predicted molar refractivity (Wildman–Crippen MR) is 272 cm³/mol. The molecule has 1 saturated heterocycles. The number of unbranched alkanes of at least 4 members (excludes halogenated alkanes) is 15. The first-order chi connectivity index (χ1) is 34.1. The molecule has 0 bridgehead atoms. The Labute approximate surface area is 420 Å². The number of phosphoric acid groups is 2. The molecule has 1 aliphatic heterocycles. The van der Waals surface area contributed by atoms with E-state index in [4.69, 9.17) is 29.0 Å². The molecule has 404 valence electrons. The van der Waals surface area contributed by atoms with E-state index in [2.05, 4.69) is 40.5 Å². The highest BCUT2D eigenvalue weighted by atomic mass is 31.3. The van der Waals surface area contributed by atoms with Crippen LogP contribution >= 0.6 is 15.6 Å². The van der Waals surface area contributed by atoms with E-state index < -0.39 is 89.8 Å². The first-order valence-electron chi connectivity index (χ1n) is 25.4. The summed E-state index contributed by atoms with van der Waals surface area (Å²) in [7, 11) is -10.9. The summed E-state index contributed by atoms with van der Waals surface area (Å²) in [5.74, 6) is -1.37. The van der Waals surface area contributed by atoms with Crippen LogP contribution in [0, 0.1) is 0 Å². The molecule has 3 unspecified atom stereocenters. The molecule has 2 rings (SSSR count). The number of nitrogens with two attached hydrogens (primary N) is 1. The van der Waals surface area contributed by atoms with Gasteiger partial charge in [-0.2, -0.15) is 9.29 Å². The summed E-state index contributed by atoms with van der Waals surface area (Å²) in [6.45, 7) is 1.88. The minimum Gasteiger partial charge on any atom is -0.462 e. The van der Waals surface area contributed by atoms with Crippen LogP contribution in [-0.2, 0) is 46.3 Å². The van der Waals surface area contributed by atoms with Crippen molar-refractivity contribution in [3.63, 3.8) is 0 Å². The summed E-state index contributed by atoms with van der Waals surface area (Å²) in [6.07, 6.45) is 33.4. The average molecular weight is 1040 g/mol. The summed E-state index contributed by atoms with van der Waals surface area (Å²) in [4.78, 5) is 61.9. The van der Waals surface area contributed by atoms with Crippen LogP contribution in [0.2, 0.25) is 0 Å². The summed E-state index contributed by atoms with van der Waals surface area (Å²) in [6, 6.07) is 1.24. The Balaban J connectivity index is 1.82. The van der Waals surface area contributed by atoms with E-state index in [1.165, 1.54) is 25.3 Å². The Kier molecular flexibility index (Phi) is 34.1. The third kappa shape index (κ3) is 30.9. The monoisotopic (exact) mass is 1040 g/mol. The highest BCUT2D eigenvalue weighted by Crippen LogP contribution is 2.60. The molecule has 19 nitrogen and oxygen atoms in total. The number of rotatable bonds is 41. The fourth-order valence-corrected chi connectivity index (χ4v) is 9.31. The van der Waals surface area contributed by atoms with E-state index in [9.17, 15) is 48.6 Å². The van der Waals surface area contributed by atoms with Gasteiger partial charge in [0.05, 0.1) is 19.3 Å². The Morgan fingerprint density at radius 2 is 1.35 bits per heavy atom. The number of aliphatic hydroxyl groups excluding tert-OH is 3. The van der Waals surface area contributed by atoms with Crippen LogP contribution in [0.5, 0.6) is 0 Å².